The molecular weight excluding hydrogens is 272 g/mol. The number of methoxy groups -OCH3 is 1. The molecule has 0 aliphatic rings. The van der Waals surface area contributed by atoms with Gasteiger partial charge in [0, 0.05) is 35.4 Å². The van der Waals surface area contributed by atoms with Gasteiger partial charge in [-0.25, -0.2) is 0 Å². The standard InChI is InChI=1S/C16H19ClN2O/c1-11-8-16(20-3)9-15(19-11)10-18-12(2)13-4-6-14(17)7-5-13/h4-9,12,18H,10H2,1-3H3/t12-/m1/s1. The molecule has 106 valence electrons. The van der Waals surface area contributed by atoms with Crippen LogP contribution in [0.25, 0.3) is 0 Å². The first-order valence-corrected chi connectivity index (χ1v) is 6.96. The van der Waals surface area contributed by atoms with E-state index in [0.717, 1.165) is 22.2 Å². The summed E-state index contributed by atoms with van der Waals surface area (Å²) in [6.45, 7) is 4.78. The van der Waals surface area contributed by atoms with E-state index in [1.807, 2.05) is 43.3 Å². The topological polar surface area (TPSA) is 34.1 Å². The van der Waals surface area contributed by atoms with E-state index in [2.05, 4.69) is 17.2 Å². The van der Waals surface area contributed by atoms with Crippen molar-refractivity contribution in [1.29, 1.82) is 0 Å². The lowest BCUT2D eigenvalue weighted by molar-refractivity contribution is 0.412. The second-order valence-electron chi connectivity index (χ2n) is 4.79. The van der Waals surface area contributed by atoms with E-state index in [-0.39, 0.29) is 6.04 Å². The fraction of sp³-hybridized carbons (Fsp3) is 0.312. The molecule has 1 atom stereocenters. The van der Waals surface area contributed by atoms with Gasteiger partial charge in [0.2, 0.25) is 0 Å². The Labute approximate surface area is 124 Å². The maximum atomic E-state index is 5.90. The fourth-order valence-corrected chi connectivity index (χ4v) is 2.16. The number of pyridine rings is 1. The summed E-state index contributed by atoms with van der Waals surface area (Å²) in [6.07, 6.45) is 0. The largest absolute Gasteiger partial charge is 0.497 e. The van der Waals surface area contributed by atoms with Crippen molar-refractivity contribution in [3.05, 3.63) is 58.4 Å². The molecule has 4 heteroatoms. The predicted octanol–water partition coefficient (Wildman–Crippen LogP) is 3.90. The molecular formula is C16H19ClN2O. The number of hydrogen-bond acceptors (Lipinski definition) is 3. The van der Waals surface area contributed by atoms with E-state index in [1.165, 1.54) is 5.56 Å². The molecule has 0 aliphatic carbocycles. The molecule has 0 bridgehead atoms. The third kappa shape index (κ3) is 3.95. The molecule has 20 heavy (non-hydrogen) atoms. The summed E-state index contributed by atoms with van der Waals surface area (Å²) in [5.41, 5.74) is 3.14. The average Bonchev–Trinajstić information content (AvgIpc) is 2.45. The quantitative estimate of drug-likeness (QED) is 0.907. The van der Waals surface area contributed by atoms with Crippen molar-refractivity contribution in [2.45, 2.75) is 26.4 Å². The van der Waals surface area contributed by atoms with Crippen molar-refractivity contribution < 1.29 is 4.74 Å². The van der Waals surface area contributed by atoms with Crippen LogP contribution < -0.4 is 10.1 Å². The van der Waals surface area contributed by atoms with Crippen LogP contribution in [0.15, 0.2) is 36.4 Å². The van der Waals surface area contributed by atoms with Crippen LogP contribution in [0.2, 0.25) is 5.02 Å². The lowest BCUT2D eigenvalue weighted by atomic mass is 10.1. The fourth-order valence-electron chi connectivity index (χ4n) is 2.04. The van der Waals surface area contributed by atoms with E-state index < -0.39 is 0 Å². The molecule has 0 radical (unpaired) electrons. The molecule has 0 amide bonds. The molecule has 0 aliphatic heterocycles. The van der Waals surface area contributed by atoms with Gasteiger partial charge in [-0.1, -0.05) is 23.7 Å². The van der Waals surface area contributed by atoms with Crippen LogP contribution in [0.3, 0.4) is 0 Å². The highest BCUT2D eigenvalue weighted by atomic mass is 35.5. The van der Waals surface area contributed by atoms with Crippen molar-refractivity contribution in [2.24, 2.45) is 0 Å². The monoisotopic (exact) mass is 290 g/mol. The SMILES string of the molecule is COc1cc(C)nc(CN[C@H](C)c2ccc(Cl)cc2)c1. The van der Waals surface area contributed by atoms with Crippen LogP contribution >= 0.6 is 11.6 Å². The second kappa shape index (κ2) is 6.73. The summed E-state index contributed by atoms with van der Waals surface area (Å²) in [7, 11) is 1.67. The van der Waals surface area contributed by atoms with E-state index >= 15 is 0 Å². The number of rotatable bonds is 5. The van der Waals surface area contributed by atoms with Gasteiger partial charge in [-0.2, -0.15) is 0 Å². The number of halogens is 1. The highest BCUT2D eigenvalue weighted by molar-refractivity contribution is 6.30. The Bertz CT molecular complexity index is 569. The highest BCUT2D eigenvalue weighted by Gasteiger charge is 2.06. The summed E-state index contributed by atoms with van der Waals surface area (Å²) in [5.74, 6) is 0.841. The van der Waals surface area contributed by atoms with E-state index in [4.69, 9.17) is 16.3 Å². The molecule has 0 fully saturated rings. The minimum absolute atomic E-state index is 0.237. The van der Waals surface area contributed by atoms with Crippen molar-refractivity contribution in [3.63, 3.8) is 0 Å². The van der Waals surface area contributed by atoms with Crippen molar-refractivity contribution >= 4 is 11.6 Å². The molecule has 0 unspecified atom stereocenters. The van der Waals surface area contributed by atoms with Gasteiger partial charge in [0.1, 0.15) is 5.75 Å². The minimum atomic E-state index is 0.237. The third-order valence-electron chi connectivity index (χ3n) is 3.18. The summed E-state index contributed by atoms with van der Waals surface area (Å²) in [5, 5.41) is 4.21. The second-order valence-corrected chi connectivity index (χ2v) is 5.23. The molecule has 2 rings (SSSR count). The van der Waals surface area contributed by atoms with Crippen LogP contribution in [0, 0.1) is 6.92 Å². The van der Waals surface area contributed by atoms with Gasteiger partial charge in [-0.3, -0.25) is 4.98 Å². The maximum absolute atomic E-state index is 5.90. The Kier molecular flexibility index (Phi) is 4.99. The zero-order valence-electron chi connectivity index (χ0n) is 12.0. The van der Waals surface area contributed by atoms with E-state index in [9.17, 15) is 0 Å². The molecule has 0 spiro atoms. The zero-order valence-corrected chi connectivity index (χ0v) is 12.7. The normalized spacial score (nSPS) is 12.2. The molecule has 0 saturated carbocycles. The van der Waals surface area contributed by atoms with Crippen molar-refractivity contribution in [2.75, 3.05) is 7.11 Å². The Morgan fingerprint density at radius 1 is 1.25 bits per heavy atom. The third-order valence-corrected chi connectivity index (χ3v) is 3.43. The number of hydrogen-bond donors (Lipinski definition) is 1. The summed E-state index contributed by atoms with van der Waals surface area (Å²) < 4.78 is 5.26. The number of nitrogens with zero attached hydrogens (tertiary/aromatic N) is 1. The lowest BCUT2D eigenvalue weighted by Crippen LogP contribution is -2.19. The first-order valence-electron chi connectivity index (χ1n) is 6.59. The number of benzene rings is 1. The Balaban J connectivity index is 2.01. The molecule has 3 nitrogen and oxygen atoms in total. The Morgan fingerprint density at radius 3 is 2.60 bits per heavy atom. The van der Waals surface area contributed by atoms with Crippen LogP contribution in [0.5, 0.6) is 5.75 Å². The molecule has 1 aromatic heterocycles. The highest BCUT2D eigenvalue weighted by Crippen LogP contribution is 2.17. The Morgan fingerprint density at radius 2 is 1.95 bits per heavy atom. The van der Waals surface area contributed by atoms with Gasteiger partial charge < -0.3 is 10.1 Å². The maximum Gasteiger partial charge on any atom is 0.122 e. The molecule has 1 heterocycles. The van der Waals surface area contributed by atoms with Crippen LogP contribution in [-0.4, -0.2) is 12.1 Å². The molecule has 1 aromatic carbocycles. The van der Waals surface area contributed by atoms with E-state index in [0.29, 0.717) is 6.54 Å². The van der Waals surface area contributed by atoms with Crippen LogP contribution in [-0.2, 0) is 6.54 Å². The molecule has 1 N–H and O–H groups in total. The van der Waals surface area contributed by atoms with Gasteiger partial charge in [-0.05, 0) is 31.5 Å². The predicted molar refractivity (Wildman–Crippen MR) is 82.2 cm³/mol. The van der Waals surface area contributed by atoms with Gasteiger partial charge in [0.15, 0.2) is 0 Å². The summed E-state index contributed by atoms with van der Waals surface area (Å²) >= 11 is 5.90. The van der Waals surface area contributed by atoms with Crippen molar-refractivity contribution in [1.82, 2.24) is 10.3 Å². The smallest absolute Gasteiger partial charge is 0.122 e. The zero-order chi connectivity index (χ0) is 14.5. The average molecular weight is 291 g/mol. The minimum Gasteiger partial charge on any atom is -0.497 e. The van der Waals surface area contributed by atoms with Crippen LogP contribution in [0.4, 0.5) is 0 Å². The number of aromatic nitrogens is 1. The Hall–Kier alpha value is -1.58. The summed E-state index contributed by atoms with van der Waals surface area (Å²) in [4.78, 5) is 4.50. The number of nitrogens with one attached hydrogen (secondary N) is 1. The van der Waals surface area contributed by atoms with Gasteiger partial charge in [0.25, 0.3) is 0 Å². The molecule has 2 aromatic rings. The first-order chi connectivity index (χ1) is 9.58. The number of aryl methyl sites for hydroxylation is 1. The first kappa shape index (κ1) is 14.8. The number of ether oxygens (including phenoxy) is 1. The molecule has 0 saturated heterocycles. The van der Waals surface area contributed by atoms with Crippen LogP contribution in [0.1, 0.15) is 29.9 Å². The van der Waals surface area contributed by atoms with Gasteiger partial charge in [0.05, 0.1) is 12.8 Å². The lowest BCUT2D eigenvalue weighted by Gasteiger charge is -2.14. The van der Waals surface area contributed by atoms with Gasteiger partial charge >= 0.3 is 0 Å². The van der Waals surface area contributed by atoms with Crippen molar-refractivity contribution in [3.8, 4) is 5.75 Å². The van der Waals surface area contributed by atoms with Gasteiger partial charge in [-0.15, -0.1) is 0 Å². The summed E-state index contributed by atoms with van der Waals surface area (Å²) in [6, 6.07) is 12.0. The van der Waals surface area contributed by atoms with E-state index in [1.54, 1.807) is 7.11 Å².